The van der Waals surface area contributed by atoms with Gasteiger partial charge in [-0.2, -0.15) is 5.10 Å². The van der Waals surface area contributed by atoms with Crippen molar-refractivity contribution in [3.05, 3.63) is 59.2 Å². The van der Waals surface area contributed by atoms with Crippen LogP contribution < -0.4 is 15.8 Å². The normalized spacial score (nSPS) is 17.7. The van der Waals surface area contributed by atoms with Crippen molar-refractivity contribution in [1.82, 2.24) is 20.1 Å². The number of piperidine rings is 1. The minimum absolute atomic E-state index is 0.0133. The van der Waals surface area contributed by atoms with E-state index < -0.39 is 17.7 Å². The molecule has 4 heterocycles. The Balaban J connectivity index is 1.37. The fraction of sp³-hybridized carbons (Fsp3) is 0.360. The summed E-state index contributed by atoms with van der Waals surface area (Å²) in [5.41, 5.74) is 8.23. The largest absolute Gasteiger partial charge is 0.478 e. The second kappa shape index (κ2) is 8.80. The monoisotopic (exact) mass is 499 g/mol. The summed E-state index contributed by atoms with van der Waals surface area (Å²) in [4.78, 5) is 4.31. The minimum atomic E-state index is -0.816. The first kappa shape index (κ1) is 22.3. The number of hydrogen-bond acceptors (Lipinski definition) is 6. The third-order valence-corrected chi connectivity index (χ3v) is 7.24. The van der Waals surface area contributed by atoms with Gasteiger partial charge in [0.25, 0.3) is 0 Å². The first-order valence-electron chi connectivity index (χ1n) is 11.7. The quantitative estimate of drug-likeness (QED) is 0.333. The Morgan fingerprint density at radius 2 is 1.91 bits per heavy atom. The van der Waals surface area contributed by atoms with Crippen molar-refractivity contribution < 1.29 is 17.9 Å². The molecule has 35 heavy (non-hydrogen) atoms. The number of aromatic nitrogens is 3. The summed E-state index contributed by atoms with van der Waals surface area (Å²) >= 11 is 6.16. The van der Waals surface area contributed by atoms with Crippen molar-refractivity contribution in [2.75, 3.05) is 18.8 Å². The third kappa shape index (κ3) is 4.02. The zero-order valence-corrected chi connectivity index (χ0v) is 19.6. The molecule has 10 heteroatoms. The lowest BCUT2D eigenvalue weighted by Gasteiger charge is -2.22. The van der Waals surface area contributed by atoms with Crippen molar-refractivity contribution in [3.63, 3.8) is 0 Å². The fourth-order valence-electron chi connectivity index (χ4n) is 4.79. The zero-order chi connectivity index (χ0) is 24.1. The van der Waals surface area contributed by atoms with Crippen LogP contribution in [0.3, 0.4) is 0 Å². The van der Waals surface area contributed by atoms with Gasteiger partial charge in [0.15, 0.2) is 11.4 Å². The number of ether oxygens (including phenoxy) is 1. The fourth-order valence-corrected chi connectivity index (χ4v) is 5.05. The van der Waals surface area contributed by atoms with Crippen molar-refractivity contribution in [1.29, 1.82) is 0 Å². The molecule has 1 saturated carbocycles. The van der Waals surface area contributed by atoms with E-state index in [9.17, 15) is 8.78 Å². The number of nitrogens with one attached hydrogen (secondary N) is 1. The lowest BCUT2D eigenvalue weighted by molar-refractivity contribution is 0.177. The molecular weight excluding hydrogens is 476 g/mol. The van der Waals surface area contributed by atoms with Crippen molar-refractivity contribution >= 4 is 28.4 Å². The zero-order valence-electron chi connectivity index (χ0n) is 18.8. The maximum absolute atomic E-state index is 14.8. The summed E-state index contributed by atoms with van der Waals surface area (Å²) in [5.74, 6) is -1.06. The predicted octanol–water partition coefficient (Wildman–Crippen LogP) is 5.66. The molecule has 6 rings (SSSR count). The summed E-state index contributed by atoms with van der Waals surface area (Å²) < 4.78 is 43.1. The number of fused-ring (bicyclic) bond motifs is 1. The number of nitrogens with zero attached hydrogens (tertiary/aromatic N) is 3. The molecule has 1 unspecified atom stereocenters. The molecule has 182 valence electrons. The van der Waals surface area contributed by atoms with Crippen LogP contribution in [0.25, 0.3) is 22.1 Å². The van der Waals surface area contributed by atoms with E-state index in [0.29, 0.717) is 17.0 Å². The lowest BCUT2D eigenvalue weighted by atomic mass is 10.0. The van der Waals surface area contributed by atoms with Gasteiger partial charge in [-0.25, -0.2) is 13.8 Å². The van der Waals surface area contributed by atoms with E-state index in [1.807, 2.05) is 10.9 Å². The van der Waals surface area contributed by atoms with E-state index >= 15 is 0 Å². The molecule has 1 aromatic carbocycles. The van der Waals surface area contributed by atoms with Crippen LogP contribution in [-0.2, 0) is 0 Å². The highest BCUT2D eigenvalue weighted by Gasteiger charge is 2.39. The Hall–Kier alpha value is -3.17. The van der Waals surface area contributed by atoms with Crippen LogP contribution in [0.2, 0.25) is 5.02 Å². The molecule has 0 amide bonds. The average molecular weight is 500 g/mol. The number of halogens is 3. The van der Waals surface area contributed by atoms with E-state index in [-0.39, 0.29) is 28.1 Å². The third-order valence-electron chi connectivity index (χ3n) is 6.86. The summed E-state index contributed by atoms with van der Waals surface area (Å²) in [5, 5.41) is 8.34. The molecule has 0 spiro atoms. The predicted molar refractivity (Wildman–Crippen MR) is 128 cm³/mol. The topological polar surface area (TPSA) is 91.1 Å². The Morgan fingerprint density at radius 3 is 2.69 bits per heavy atom. The van der Waals surface area contributed by atoms with Gasteiger partial charge in [0.2, 0.25) is 5.75 Å². The highest BCUT2D eigenvalue weighted by molar-refractivity contribution is 6.31. The number of anilines is 1. The van der Waals surface area contributed by atoms with Crippen molar-refractivity contribution in [2.24, 2.45) is 5.92 Å². The highest BCUT2D eigenvalue weighted by atomic mass is 35.5. The molecule has 1 aliphatic heterocycles. The molecule has 3 aromatic heterocycles. The number of rotatable bonds is 6. The van der Waals surface area contributed by atoms with Gasteiger partial charge < -0.3 is 20.2 Å². The second-order valence-corrected chi connectivity index (χ2v) is 9.57. The van der Waals surface area contributed by atoms with Gasteiger partial charge in [-0.1, -0.05) is 11.6 Å². The molecule has 0 radical (unpaired) electrons. The SMILES string of the molecule is Nc1ncc2c(-c3cnn(C4CCNCC4)c3)coc2c1OC(c1c(F)ccc(F)c1Cl)C1CC1. The Bertz CT molecular complexity index is 1390. The Kier molecular flexibility index (Phi) is 5.61. The maximum Gasteiger partial charge on any atom is 0.205 e. The smallest absolute Gasteiger partial charge is 0.205 e. The van der Waals surface area contributed by atoms with Gasteiger partial charge in [-0.05, 0) is 50.9 Å². The number of benzene rings is 1. The van der Waals surface area contributed by atoms with E-state index in [4.69, 9.17) is 26.5 Å². The van der Waals surface area contributed by atoms with Crippen LogP contribution in [0.5, 0.6) is 5.75 Å². The van der Waals surface area contributed by atoms with E-state index in [1.165, 1.54) is 0 Å². The molecule has 1 saturated heterocycles. The molecule has 2 fully saturated rings. The average Bonchev–Trinajstić information content (AvgIpc) is 3.43. The number of pyridine rings is 1. The Morgan fingerprint density at radius 1 is 1.14 bits per heavy atom. The van der Waals surface area contributed by atoms with Gasteiger partial charge in [0.05, 0.1) is 28.2 Å². The summed E-state index contributed by atoms with van der Waals surface area (Å²) in [6.45, 7) is 1.94. The van der Waals surface area contributed by atoms with Crippen molar-refractivity contribution in [3.8, 4) is 16.9 Å². The molecule has 1 atom stereocenters. The molecule has 0 bridgehead atoms. The lowest BCUT2D eigenvalue weighted by Crippen LogP contribution is -2.29. The standard InChI is InChI=1S/C25H24ClF2N5O2/c26-21-19(28)4-3-18(27)20(21)22(13-1-2-13)35-24-23-16(10-31-25(24)29)17(12-34-23)14-9-32-33(11-14)15-5-7-30-8-6-15/h3-4,9-13,15,22,30H,1-2,5-8H2,(H2,29,31). The molecule has 1 aliphatic carbocycles. The van der Waals surface area contributed by atoms with Gasteiger partial charge >= 0.3 is 0 Å². The summed E-state index contributed by atoms with van der Waals surface area (Å²) in [6, 6.07) is 2.41. The Labute approximate surface area is 205 Å². The summed E-state index contributed by atoms with van der Waals surface area (Å²) in [7, 11) is 0. The molecule has 7 nitrogen and oxygen atoms in total. The van der Waals surface area contributed by atoms with Crippen LogP contribution in [0, 0.1) is 17.6 Å². The number of nitrogens with two attached hydrogens (primary N) is 1. The van der Waals surface area contributed by atoms with Gasteiger partial charge in [0.1, 0.15) is 24.0 Å². The highest BCUT2D eigenvalue weighted by Crippen LogP contribution is 2.49. The number of nitrogen functional groups attached to an aromatic ring is 1. The number of hydrogen-bond donors (Lipinski definition) is 2. The van der Waals surface area contributed by atoms with E-state index in [2.05, 4.69) is 15.4 Å². The first-order valence-corrected chi connectivity index (χ1v) is 12.1. The van der Waals surface area contributed by atoms with Crippen LogP contribution in [-0.4, -0.2) is 27.9 Å². The number of furan rings is 1. The molecule has 3 N–H and O–H groups in total. The van der Waals surface area contributed by atoms with Crippen LogP contribution >= 0.6 is 11.6 Å². The van der Waals surface area contributed by atoms with Crippen molar-refractivity contribution in [2.45, 2.75) is 37.8 Å². The van der Waals surface area contributed by atoms with Gasteiger partial charge in [-0.3, -0.25) is 4.68 Å². The van der Waals surface area contributed by atoms with Crippen LogP contribution in [0.1, 0.15) is 43.4 Å². The maximum atomic E-state index is 14.8. The first-order chi connectivity index (χ1) is 17.0. The van der Waals surface area contributed by atoms with Gasteiger partial charge in [0, 0.05) is 29.4 Å². The second-order valence-electron chi connectivity index (χ2n) is 9.19. The minimum Gasteiger partial charge on any atom is -0.478 e. The van der Waals surface area contributed by atoms with Gasteiger partial charge in [-0.15, -0.1) is 0 Å². The van der Waals surface area contributed by atoms with E-state index in [1.54, 1.807) is 18.7 Å². The molecular formula is C25H24ClF2N5O2. The van der Waals surface area contributed by atoms with Crippen LogP contribution in [0.15, 0.2) is 41.4 Å². The van der Waals surface area contributed by atoms with Crippen LogP contribution in [0.4, 0.5) is 14.6 Å². The summed E-state index contributed by atoms with van der Waals surface area (Å²) in [6.07, 6.45) is 9.88. The molecule has 4 aromatic rings. The molecule has 2 aliphatic rings. The van der Waals surface area contributed by atoms with E-state index in [0.717, 1.165) is 62.0 Å².